The molecule has 0 saturated heterocycles. The molecule has 3 rings (SSSR count). The third kappa shape index (κ3) is 1.94. The number of para-hydroxylation sites is 1. The molecule has 2 nitrogen and oxygen atoms in total. The molecule has 0 aliphatic carbocycles. The SMILES string of the molecule is Cc1c(C(=O)c2ccccc2)oc2c(Cl)cccc12. The fourth-order valence-electron chi connectivity index (χ4n) is 2.15. The molecule has 1 aromatic heterocycles. The highest BCUT2D eigenvalue weighted by atomic mass is 35.5. The van der Waals surface area contributed by atoms with E-state index in [0.717, 1.165) is 10.9 Å². The normalized spacial score (nSPS) is 10.8. The van der Waals surface area contributed by atoms with Crippen LogP contribution in [0.2, 0.25) is 5.02 Å². The maximum absolute atomic E-state index is 12.4. The smallest absolute Gasteiger partial charge is 0.228 e. The average Bonchev–Trinajstić information content (AvgIpc) is 2.78. The van der Waals surface area contributed by atoms with Crippen molar-refractivity contribution in [2.75, 3.05) is 0 Å². The van der Waals surface area contributed by atoms with Crippen molar-refractivity contribution >= 4 is 28.4 Å². The van der Waals surface area contributed by atoms with Crippen molar-refractivity contribution < 1.29 is 9.21 Å². The minimum absolute atomic E-state index is 0.120. The lowest BCUT2D eigenvalue weighted by atomic mass is 10.1. The molecule has 0 spiro atoms. The van der Waals surface area contributed by atoms with Gasteiger partial charge in [0.1, 0.15) is 0 Å². The molecule has 0 bridgehead atoms. The standard InChI is InChI=1S/C16H11ClO2/c1-10-12-8-5-9-13(17)16(12)19-15(10)14(18)11-6-3-2-4-7-11/h2-9H,1H3. The molecule has 0 aliphatic heterocycles. The van der Waals surface area contributed by atoms with Gasteiger partial charge in [-0.2, -0.15) is 0 Å². The van der Waals surface area contributed by atoms with Crippen molar-refractivity contribution in [1.29, 1.82) is 0 Å². The Hall–Kier alpha value is -2.06. The second kappa shape index (κ2) is 4.56. The van der Waals surface area contributed by atoms with Crippen LogP contribution in [0.15, 0.2) is 52.9 Å². The van der Waals surface area contributed by atoms with E-state index in [4.69, 9.17) is 16.0 Å². The van der Waals surface area contributed by atoms with Crippen molar-refractivity contribution in [1.82, 2.24) is 0 Å². The van der Waals surface area contributed by atoms with Crippen LogP contribution in [0.1, 0.15) is 21.7 Å². The monoisotopic (exact) mass is 270 g/mol. The summed E-state index contributed by atoms with van der Waals surface area (Å²) in [5.74, 6) is 0.236. The van der Waals surface area contributed by atoms with E-state index in [9.17, 15) is 4.79 Å². The Kier molecular flexibility index (Phi) is 2.88. The molecule has 0 amide bonds. The first-order valence-corrected chi connectivity index (χ1v) is 6.33. The van der Waals surface area contributed by atoms with Crippen LogP contribution in [0.4, 0.5) is 0 Å². The molecule has 0 radical (unpaired) electrons. The van der Waals surface area contributed by atoms with Crippen molar-refractivity contribution in [2.24, 2.45) is 0 Å². The lowest BCUT2D eigenvalue weighted by molar-refractivity contribution is 0.101. The molecule has 94 valence electrons. The third-order valence-electron chi connectivity index (χ3n) is 3.16. The summed E-state index contributed by atoms with van der Waals surface area (Å²) in [5, 5.41) is 1.40. The maximum atomic E-state index is 12.4. The Bertz CT molecular complexity index is 757. The molecule has 0 unspecified atom stereocenters. The first-order chi connectivity index (χ1) is 9.18. The van der Waals surface area contributed by atoms with Crippen LogP contribution in [-0.2, 0) is 0 Å². The zero-order valence-corrected chi connectivity index (χ0v) is 11.1. The van der Waals surface area contributed by atoms with Crippen molar-refractivity contribution in [3.05, 3.63) is 70.4 Å². The summed E-state index contributed by atoms with van der Waals surface area (Å²) >= 11 is 6.09. The van der Waals surface area contributed by atoms with Gasteiger partial charge in [-0.3, -0.25) is 4.79 Å². The molecule has 1 heterocycles. The summed E-state index contributed by atoms with van der Waals surface area (Å²) < 4.78 is 5.66. The van der Waals surface area contributed by atoms with Crippen LogP contribution in [0.5, 0.6) is 0 Å². The topological polar surface area (TPSA) is 30.2 Å². The summed E-state index contributed by atoms with van der Waals surface area (Å²) in [5.41, 5.74) is 2.01. The lowest BCUT2D eigenvalue weighted by Crippen LogP contribution is -2.00. The number of hydrogen-bond acceptors (Lipinski definition) is 2. The molecule has 0 fully saturated rings. The van der Waals surface area contributed by atoms with Gasteiger partial charge in [0.2, 0.25) is 5.78 Å². The highest BCUT2D eigenvalue weighted by Gasteiger charge is 2.19. The van der Waals surface area contributed by atoms with E-state index in [1.54, 1.807) is 18.2 Å². The summed E-state index contributed by atoms with van der Waals surface area (Å²) in [6.45, 7) is 1.87. The van der Waals surface area contributed by atoms with Gasteiger partial charge in [-0.1, -0.05) is 54.1 Å². The number of hydrogen-bond donors (Lipinski definition) is 0. The first-order valence-electron chi connectivity index (χ1n) is 5.96. The van der Waals surface area contributed by atoms with Gasteiger partial charge in [0.05, 0.1) is 5.02 Å². The molecular weight excluding hydrogens is 260 g/mol. The minimum atomic E-state index is -0.120. The number of fused-ring (bicyclic) bond motifs is 1. The molecule has 2 aromatic carbocycles. The summed E-state index contributed by atoms with van der Waals surface area (Å²) in [6.07, 6.45) is 0. The zero-order chi connectivity index (χ0) is 13.4. The first kappa shape index (κ1) is 12.0. The fraction of sp³-hybridized carbons (Fsp3) is 0.0625. The predicted octanol–water partition coefficient (Wildman–Crippen LogP) is 4.63. The molecule has 19 heavy (non-hydrogen) atoms. The summed E-state index contributed by atoms with van der Waals surface area (Å²) in [7, 11) is 0. The number of aryl methyl sites for hydroxylation is 1. The number of furan rings is 1. The van der Waals surface area contributed by atoms with Crippen LogP contribution >= 0.6 is 11.6 Å². The van der Waals surface area contributed by atoms with Crippen molar-refractivity contribution in [3.8, 4) is 0 Å². The predicted molar refractivity (Wildman–Crippen MR) is 75.8 cm³/mol. The van der Waals surface area contributed by atoms with E-state index in [1.165, 1.54) is 0 Å². The summed E-state index contributed by atoms with van der Waals surface area (Å²) in [4.78, 5) is 12.4. The molecule has 0 N–H and O–H groups in total. The van der Waals surface area contributed by atoms with Crippen LogP contribution in [-0.4, -0.2) is 5.78 Å². The average molecular weight is 271 g/mol. The Morgan fingerprint density at radius 1 is 1.05 bits per heavy atom. The van der Waals surface area contributed by atoms with Gasteiger partial charge in [0, 0.05) is 16.5 Å². The molecule has 3 aromatic rings. The Morgan fingerprint density at radius 3 is 2.47 bits per heavy atom. The highest BCUT2D eigenvalue weighted by Crippen LogP contribution is 2.31. The molecular formula is C16H11ClO2. The van der Waals surface area contributed by atoms with Gasteiger partial charge >= 0.3 is 0 Å². The van der Waals surface area contributed by atoms with E-state index in [0.29, 0.717) is 21.9 Å². The largest absolute Gasteiger partial charge is 0.451 e. The van der Waals surface area contributed by atoms with E-state index in [2.05, 4.69) is 0 Å². The molecule has 0 aliphatic rings. The Balaban J connectivity index is 2.19. The van der Waals surface area contributed by atoms with Gasteiger partial charge in [0.25, 0.3) is 0 Å². The van der Waals surface area contributed by atoms with Crippen LogP contribution in [0.3, 0.4) is 0 Å². The third-order valence-corrected chi connectivity index (χ3v) is 3.46. The molecule has 0 saturated carbocycles. The molecule has 3 heteroatoms. The lowest BCUT2D eigenvalue weighted by Gasteiger charge is -1.97. The van der Waals surface area contributed by atoms with Crippen LogP contribution in [0.25, 0.3) is 11.0 Å². The van der Waals surface area contributed by atoms with Crippen LogP contribution < -0.4 is 0 Å². The van der Waals surface area contributed by atoms with Gasteiger partial charge in [-0.25, -0.2) is 0 Å². The van der Waals surface area contributed by atoms with E-state index in [1.807, 2.05) is 37.3 Å². The van der Waals surface area contributed by atoms with Crippen LogP contribution in [0, 0.1) is 6.92 Å². The van der Waals surface area contributed by atoms with E-state index in [-0.39, 0.29) is 5.78 Å². The maximum Gasteiger partial charge on any atom is 0.228 e. The number of halogens is 1. The van der Waals surface area contributed by atoms with Gasteiger partial charge in [0.15, 0.2) is 11.3 Å². The Morgan fingerprint density at radius 2 is 1.79 bits per heavy atom. The fourth-order valence-corrected chi connectivity index (χ4v) is 2.36. The Labute approximate surface area is 115 Å². The van der Waals surface area contributed by atoms with Crippen molar-refractivity contribution in [2.45, 2.75) is 6.92 Å². The number of benzene rings is 2. The minimum Gasteiger partial charge on any atom is -0.451 e. The second-order valence-electron chi connectivity index (χ2n) is 4.37. The molecule has 0 atom stereocenters. The summed E-state index contributed by atoms with van der Waals surface area (Å²) in [6, 6.07) is 14.6. The highest BCUT2D eigenvalue weighted by molar-refractivity contribution is 6.35. The van der Waals surface area contributed by atoms with Gasteiger partial charge < -0.3 is 4.42 Å². The van der Waals surface area contributed by atoms with Gasteiger partial charge in [-0.05, 0) is 13.0 Å². The second-order valence-corrected chi connectivity index (χ2v) is 4.78. The van der Waals surface area contributed by atoms with Gasteiger partial charge in [-0.15, -0.1) is 0 Å². The number of ketones is 1. The number of rotatable bonds is 2. The number of carbonyl (C=O) groups is 1. The van der Waals surface area contributed by atoms with E-state index >= 15 is 0 Å². The quantitative estimate of drug-likeness (QED) is 0.636. The van der Waals surface area contributed by atoms with E-state index < -0.39 is 0 Å². The zero-order valence-electron chi connectivity index (χ0n) is 10.3. The van der Waals surface area contributed by atoms with Crippen molar-refractivity contribution in [3.63, 3.8) is 0 Å². The number of carbonyl (C=O) groups excluding carboxylic acids is 1.